The van der Waals surface area contributed by atoms with Gasteiger partial charge in [0.2, 0.25) is 0 Å². The molecule has 2 nitrogen and oxygen atoms in total. The number of benzene rings is 1. The number of aromatic nitrogens is 2. The average Bonchev–Trinajstić information content (AvgIpc) is 2.71. The molecule has 3 aromatic rings. The summed E-state index contributed by atoms with van der Waals surface area (Å²) in [6.07, 6.45) is 3.90. The van der Waals surface area contributed by atoms with Crippen LogP contribution in [-0.4, -0.2) is 9.97 Å². The molecule has 0 amide bonds. The quantitative estimate of drug-likeness (QED) is 0.666. The first-order chi connectivity index (χ1) is 8.24. The van der Waals surface area contributed by atoms with E-state index >= 15 is 0 Å². The monoisotopic (exact) mass is 334 g/mol. The summed E-state index contributed by atoms with van der Waals surface area (Å²) in [5.74, 6) is 0. The molecule has 0 unspecified atom stereocenters. The average molecular weight is 334 g/mol. The van der Waals surface area contributed by atoms with E-state index in [1.807, 2.05) is 12.4 Å². The van der Waals surface area contributed by atoms with Gasteiger partial charge >= 0.3 is 0 Å². The fourth-order valence-electron chi connectivity index (χ4n) is 1.95. The van der Waals surface area contributed by atoms with Crippen LogP contribution in [0.15, 0.2) is 42.7 Å². The number of halogens is 1. The Morgan fingerprint density at radius 2 is 2.06 bits per heavy atom. The summed E-state index contributed by atoms with van der Waals surface area (Å²) in [4.78, 5) is 7.61. The number of nitrogens with zero attached hydrogens (tertiary/aromatic N) is 1. The normalized spacial score (nSPS) is 10.9. The van der Waals surface area contributed by atoms with Gasteiger partial charge in [0, 0.05) is 26.9 Å². The lowest BCUT2D eigenvalue weighted by Crippen LogP contribution is -1.83. The minimum absolute atomic E-state index is 0.950. The van der Waals surface area contributed by atoms with Gasteiger partial charge in [-0.25, -0.2) is 4.98 Å². The minimum atomic E-state index is 0.950. The lowest BCUT2D eigenvalue weighted by Gasteiger charge is -2.02. The van der Waals surface area contributed by atoms with Crippen molar-refractivity contribution in [1.82, 2.24) is 9.97 Å². The second-order valence-electron chi connectivity index (χ2n) is 4.13. The number of aromatic amines is 1. The summed E-state index contributed by atoms with van der Waals surface area (Å²) in [5.41, 5.74) is 4.60. The molecule has 2 heterocycles. The van der Waals surface area contributed by atoms with Gasteiger partial charge in [-0.3, -0.25) is 0 Å². The molecule has 0 saturated heterocycles. The van der Waals surface area contributed by atoms with Crippen LogP contribution in [-0.2, 0) is 0 Å². The number of rotatable bonds is 1. The predicted octanol–water partition coefficient (Wildman–Crippen LogP) is 4.14. The topological polar surface area (TPSA) is 28.7 Å². The van der Waals surface area contributed by atoms with E-state index in [1.54, 1.807) is 0 Å². The summed E-state index contributed by atoms with van der Waals surface area (Å²) < 4.78 is 1.21. The van der Waals surface area contributed by atoms with Crippen molar-refractivity contribution in [2.75, 3.05) is 0 Å². The van der Waals surface area contributed by atoms with Crippen LogP contribution in [0.5, 0.6) is 0 Å². The number of fused-ring (bicyclic) bond motifs is 1. The Kier molecular flexibility index (Phi) is 2.63. The van der Waals surface area contributed by atoms with Gasteiger partial charge in [-0.1, -0.05) is 29.8 Å². The van der Waals surface area contributed by atoms with Gasteiger partial charge < -0.3 is 4.98 Å². The highest BCUT2D eigenvalue weighted by molar-refractivity contribution is 14.1. The van der Waals surface area contributed by atoms with E-state index in [9.17, 15) is 0 Å². The van der Waals surface area contributed by atoms with E-state index in [4.69, 9.17) is 0 Å². The van der Waals surface area contributed by atoms with E-state index in [2.05, 4.69) is 69.8 Å². The molecule has 3 heteroatoms. The van der Waals surface area contributed by atoms with Crippen LogP contribution >= 0.6 is 22.6 Å². The zero-order chi connectivity index (χ0) is 11.8. The third kappa shape index (κ3) is 1.95. The Hall–Kier alpha value is -1.36. The number of hydrogen-bond donors (Lipinski definition) is 1. The van der Waals surface area contributed by atoms with Crippen LogP contribution in [0.3, 0.4) is 0 Å². The molecule has 1 N–H and O–H groups in total. The van der Waals surface area contributed by atoms with Crippen molar-refractivity contribution in [3.8, 4) is 11.1 Å². The Morgan fingerprint density at radius 3 is 2.88 bits per heavy atom. The molecule has 3 rings (SSSR count). The molecule has 84 valence electrons. The summed E-state index contributed by atoms with van der Waals surface area (Å²) in [7, 11) is 0. The standard InChI is InChI=1S/C14H11IN2/c1-9-3-2-4-10(5-9)11-6-12-13(15)8-17-14(12)16-7-11/h2-8H,1H3,(H,16,17). The molecule has 0 aliphatic rings. The Labute approximate surface area is 113 Å². The van der Waals surface area contributed by atoms with Crippen LogP contribution in [0.4, 0.5) is 0 Å². The van der Waals surface area contributed by atoms with Gasteiger partial charge in [-0.15, -0.1) is 0 Å². The second kappa shape index (κ2) is 4.14. The van der Waals surface area contributed by atoms with Crippen LogP contribution in [0.1, 0.15) is 5.56 Å². The van der Waals surface area contributed by atoms with Crippen molar-refractivity contribution in [2.45, 2.75) is 6.92 Å². The highest BCUT2D eigenvalue weighted by Crippen LogP contribution is 2.25. The smallest absolute Gasteiger partial charge is 0.138 e. The van der Waals surface area contributed by atoms with Crippen molar-refractivity contribution in [2.24, 2.45) is 0 Å². The van der Waals surface area contributed by atoms with E-state index < -0.39 is 0 Å². The highest BCUT2D eigenvalue weighted by Gasteiger charge is 2.05. The van der Waals surface area contributed by atoms with Gasteiger partial charge in [0.15, 0.2) is 0 Å². The Morgan fingerprint density at radius 1 is 1.18 bits per heavy atom. The van der Waals surface area contributed by atoms with Crippen LogP contribution in [0.25, 0.3) is 22.2 Å². The molecule has 1 aromatic carbocycles. The number of nitrogens with one attached hydrogen (secondary N) is 1. The largest absolute Gasteiger partial charge is 0.345 e. The molecule has 0 radical (unpaired) electrons. The molecule has 0 bridgehead atoms. The first kappa shape index (κ1) is 10.8. The third-order valence-corrected chi connectivity index (χ3v) is 3.72. The molecule has 0 saturated carbocycles. The van der Waals surface area contributed by atoms with Crippen molar-refractivity contribution < 1.29 is 0 Å². The number of pyridine rings is 1. The highest BCUT2D eigenvalue weighted by atomic mass is 127. The predicted molar refractivity (Wildman–Crippen MR) is 79.0 cm³/mol. The molecule has 17 heavy (non-hydrogen) atoms. The molecule has 0 spiro atoms. The van der Waals surface area contributed by atoms with Gasteiger partial charge in [-0.05, 0) is 41.1 Å². The van der Waals surface area contributed by atoms with Gasteiger partial charge in [0.1, 0.15) is 5.65 Å². The molecule has 0 aliphatic carbocycles. The fourth-order valence-corrected chi connectivity index (χ4v) is 2.52. The van der Waals surface area contributed by atoms with Crippen LogP contribution < -0.4 is 0 Å². The van der Waals surface area contributed by atoms with Crippen LogP contribution in [0.2, 0.25) is 0 Å². The first-order valence-corrected chi connectivity index (χ1v) is 6.51. The van der Waals surface area contributed by atoms with E-state index in [-0.39, 0.29) is 0 Å². The summed E-state index contributed by atoms with van der Waals surface area (Å²) in [5, 5.41) is 1.18. The third-order valence-electron chi connectivity index (χ3n) is 2.83. The lowest BCUT2D eigenvalue weighted by molar-refractivity contribution is 1.32. The summed E-state index contributed by atoms with van der Waals surface area (Å²) in [6, 6.07) is 10.7. The maximum Gasteiger partial charge on any atom is 0.138 e. The zero-order valence-electron chi connectivity index (χ0n) is 9.37. The second-order valence-corrected chi connectivity index (χ2v) is 5.29. The molecule has 0 aliphatic heterocycles. The van der Waals surface area contributed by atoms with E-state index in [0.29, 0.717) is 0 Å². The maximum atomic E-state index is 4.45. The molecular weight excluding hydrogens is 323 g/mol. The Balaban J connectivity index is 2.20. The van der Waals surface area contributed by atoms with Crippen molar-refractivity contribution in [3.63, 3.8) is 0 Å². The number of hydrogen-bond acceptors (Lipinski definition) is 1. The lowest BCUT2D eigenvalue weighted by atomic mass is 10.0. The molecule has 0 fully saturated rings. The summed E-state index contributed by atoms with van der Waals surface area (Å²) in [6.45, 7) is 2.11. The Bertz CT molecular complexity index is 686. The molecular formula is C14H11IN2. The van der Waals surface area contributed by atoms with E-state index in [1.165, 1.54) is 25.6 Å². The fraction of sp³-hybridized carbons (Fsp3) is 0.0714. The summed E-state index contributed by atoms with van der Waals surface area (Å²) >= 11 is 2.32. The zero-order valence-corrected chi connectivity index (χ0v) is 11.5. The van der Waals surface area contributed by atoms with Crippen molar-refractivity contribution >= 4 is 33.6 Å². The molecule has 0 atom stereocenters. The van der Waals surface area contributed by atoms with Gasteiger partial charge in [0.25, 0.3) is 0 Å². The van der Waals surface area contributed by atoms with Crippen LogP contribution in [0, 0.1) is 10.5 Å². The molecule has 2 aromatic heterocycles. The van der Waals surface area contributed by atoms with Crippen molar-refractivity contribution in [1.29, 1.82) is 0 Å². The number of H-pyrrole nitrogens is 1. The van der Waals surface area contributed by atoms with E-state index in [0.717, 1.165) is 5.65 Å². The number of aryl methyl sites for hydroxylation is 1. The SMILES string of the molecule is Cc1cccc(-c2cnc3[nH]cc(I)c3c2)c1. The maximum absolute atomic E-state index is 4.45. The first-order valence-electron chi connectivity index (χ1n) is 5.44. The minimum Gasteiger partial charge on any atom is -0.345 e. The van der Waals surface area contributed by atoms with Crippen molar-refractivity contribution in [3.05, 3.63) is 51.9 Å². The van der Waals surface area contributed by atoms with Gasteiger partial charge in [-0.2, -0.15) is 0 Å². The van der Waals surface area contributed by atoms with Gasteiger partial charge in [0.05, 0.1) is 0 Å².